The quantitative estimate of drug-likeness (QED) is 0.769. The van der Waals surface area contributed by atoms with Crippen LogP contribution in [-0.2, 0) is 0 Å². The van der Waals surface area contributed by atoms with Gasteiger partial charge in [0, 0.05) is 24.7 Å². The van der Waals surface area contributed by atoms with Crippen LogP contribution in [0.2, 0.25) is 0 Å². The predicted octanol–water partition coefficient (Wildman–Crippen LogP) is 1.26. The van der Waals surface area contributed by atoms with Crippen molar-refractivity contribution < 1.29 is 9.90 Å². The van der Waals surface area contributed by atoms with Gasteiger partial charge in [0.25, 0.3) is 5.91 Å². The van der Waals surface area contributed by atoms with Gasteiger partial charge < -0.3 is 15.7 Å². The molecule has 0 bridgehead atoms. The lowest BCUT2D eigenvalue weighted by Gasteiger charge is -2.30. The third kappa shape index (κ3) is 2.58. The molecule has 1 saturated heterocycles. The highest BCUT2D eigenvalue weighted by molar-refractivity contribution is 5.94. The summed E-state index contributed by atoms with van der Waals surface area (Å²) in [7, 11) is 0. The lowest BCUT2D eigenvalue weighted by Crippen LogP contribution is -2.42. The Labute approximate surface area is 101 Å². The molecule has 2 rings (SSSR count). The monoisotopic (exact) mass is 234 g/mol. The Bertz CT molecular complexity index is 423. The van der Waals surface area contributed by atoms with Crippen LogP contribution in [0.4, 0.5) is 0 Å². The van der Waals surface area contributed by atoms with Crippen molar-refractivity contribution >= 4 is 5.91 Å². The molecule has 1 aromatic carbocycles. The molecule has 1 fully saturated rings. The molecule has 17 heavy (non-hydrogen) atoms. The first-order chi connectivity index (χ1) is 8.08. The molecule has 0 saturated carbocycles. The van der Waals surface area contributed by atoms with E-state index in [1.165, 1.54) is 6.07 Å². The summed E-state index contributed by atoms with van der Waals surface area (Å²) in [5.41, 5.74) is 7.13. The molecule has 4 heteroatoms. The summed E-state index contributed by atoms with van der Waals surface area (Å²) in [5, 5.41) is 9.60. The lowest BCUT2D eigenvalue weighted by atomic mass is 10.0. The zero-order chi connectivity index (χ0) is 12.4. The van der Waals surface area contributed by atoms with Crippen molar-refractivity contribution in [3.05, 3.63) is 29.3 Å². The minimum absolute atomic E-state index is 0.0211. The Morgan fingerprint density at radius 2 is 2.06 bits per heavy atom. The molecule has 0 radical (unpaired) electrons. The molecule has 0 unspecified atom stereocenters. The highest BCUT2D eigenvalue weighted by Crippen LogP contribution is 2.20. The zero-order valence-corrected chi connectivity index (χ0v) is 10.0. The minimum Gasteiger partial charge on any atom is -0.508 e. The maximum Gasteiger partial charge on any atom is 0.253 e. The standard InChI is InChI=1S/C13H18N2O2/c1-9-2-3-10(8-12(9)16)13(17)15-6-4-11(14)5-7-15/h2-3,8,11,16H,4-7,14H2,1H3. The third-order valence-corrected chi connectivity index (χ3v) is 3.28. The Morgan fingerprint density at radius 1 is 1.41 bits per heavy atom. The summed E-state index contributed by atoms with van der Waals surface area (Å²) in [6.45, 7) is 3.22. The lowest BCUT2D eigenvalue weighted by molar-refractivity contribution is 0.0714. The summed E-state index contributed by atoms with van der Waals surface area (Å²) < 4.78 is 0. The maximum absolute atomic E-state index is 12.1. The Balaban J connectivity index is 2.11. The molecule has 0 aliphatic carbocycles. The Hall–Kier alpha value is -1.55. The second kappa shape index (κ2) is 4.75. The van der Waals surface area contributed by atoms with Crippen molar-refractivity contribution in [2.75, 3.05) is 13.1 Å². The fourth-order valence-electron chi connectivity index (χ4n) is 2.03. The van der Waals surface area contributed by atoms with Crippen LogP contribution in [0.25, 0.3) is 0 Å². The van der Waals surface area contributed by atoms with E-state index >= 15 is 0 Å². The molecule has 1 aliphatic heterocycles. The summed E-state index contributed by atoms with van der Waals surface area (Å²) in [4.78, 5) is 13.9. The highest BCUT2D eigenvalue weighted by atomic mass is 16.3. The number of piperidine rings is 1. The number of hydrogen-bond donors (Lipinski definition) is 2. The average Bonchev–Trinajstić information content (AvgIpc) is 2.33. The number of phenols is 1. The van der Waals surface area contributed by atoms with Gasteiger partial charge in [-0.2, -0.15) is 0 Å². The fourth-order valence-corrected chi connectivity index (χ4v) is 2.03. The van der Waals surface area contributed by atoms with Gasteiger partial charge in [0.2, 0.25) is 0 Å². The largest absolute Gasteiger partial charge is 0.508 e. The van der Waals surface area contributed by atoms with Crippen LogP contribution in [-0.4, -0.2) is 35.0 Å². The number of nitrogens with zero attached hydrogens (tertiary/aromatic N) is 1. The van der Waals surface area contributed by atoms with Crippen molar-refractivity contribution in [3.8, 4) is 5.75 Å². The fraction of sp³-hybridized carbons (Fsp3) is 0.462. The molecule has 1 amide bonds. The third-order valence-electron chi connectivity index (χ3n) is 3.28. The summed E-state index contributed by atoms with van der Waals surface area (Å²) in [5.74, 6) is 0.150. The number of hydrogen-bond acceptors (Lipinski definition) is 3. The van der Waals surface area contributed by atoms with E-state index in [9.17, 15) is 9.90 Å². The molecule has 92 valence electrons. The maximum atomic E-state index is 12.1. The van der Waals surface area contributed by atoms with Gasteiger partial charge in [0.1, 0.15) is 5.75 Å². The van der Waals surface area contributed by atoms with Gasteiger partial charge in [-0.25, -0.2) is 0 Å². The number of carbonyl (C=O) groups excluding carboxylic acids is 1. The topological polar surface area (TPSA) is 66.6 Å². The average molecular weight is 234 g/mol. The van der Waals surface area contributed by atoms with Crippen molar-refractivity contribution in [2.24, 2.45) is 5.73 Å². The van der Waals surface area contributed by atoms with Crippen LogP contribution >= 0.6 is 0 Å². The van der Waals surface area contributed by atoms with E-state index in [-0.39, 0.29) is 17.7 Å². The smallest absolute Gasteiger partial charge is 0.253 e. The van der Waals surface area contributed by atoms with Crippen LogP contribution in [0.1, 0.15) is 28.8 Å². The second-order valence-electron chi connectivity index (χ2n) is 4.63. The summed E-state index contributed by atoms with van der Waals surface area (Å²) in [6.07, 6.45) is 1.70. The van der Waals surface area contributed by atoms with Gasteiger partial charge in [-0.05, 0) is 37.5 Å². The molecule has 3 N–H and O–H groups in total. The van der Waals surface area contributed by atoms with Gasteiger partial charge in [0.05, 0.1) is 0 Å². The number of aryl methyl sites for hydroxylation is 1. The zero-order valence-electron chi connectivity index (χ0n) is 10.0. The number of aromatic hydroxyl groups is 1. The van der Waals surface area contributed by atoms with Crippen molar-refractivity contribution in [3.63, 3.8) is 0 Å². The SMILES string of the molecule is Cc1ccc(C(=O)N2CCC(N)CC2)cc1O. The first kappa shape index (κ1) is 11.9. The molecule has 4 nitrogen and oxygen atoms in total. The number of likely N-dealkylation sites (tertiary alicyclic amines) is 1. The van der Waals surface area contributed by atoms with Gasteiger partial charge in [-0.15, -0.1) is 0 Å². The van der Waals surface area contributed by atoms with E-state index in [1.54, 1.807) is 17.0 Å². The van der Waals surface area contributed by atoms with Gasteiger partial charge in [0.15, 0.2) is 0 Å². The van der Waals surface area contributed by atoms with E-state index in [2.05, 4.69) is 0 Å². The molecule has 0 atom stereocenters. The first-order valence-electron chi connectivity index (χ1n) is 5.92. The van der Waals surface area contributed by atoms with Crippen molar-refractivity contribution in [1.29, 1.82) is 0 Å². The van der Waals surface area contributed by atoms with E-state index in [0.717, 1.165) is 18.4 Å². The number of nitrogens with two attached hydrogens (primary N) is 1. The van der Waals surface area contributed by atoms with E-state index in [0.29, 0.717) is 18.7 Å². The van der Waals surface area contributed by atoms with E-state index in [4.69, 9.17) is 5.73 Å². The van der Waals surface area contributed by atoms with Gasteiger partial charge >= 0.3 is 0 Å². The van der Waals surface area contributed by atoms with Crippen LogP contribution in [0.15, 0.2) is 18.2 Å². The van der Waals surface area contributed by atoms with E-state index in [1.807, 2.05) is 6.92 Å². The molecule has 1 heterocycles. The van der Waals surface area contributed by atoms with Crippen LogP contribution < -0.4 is 5.73 Å². The van der Waals surface area contributed by atoms with Gasteiger partial charge in [-0.1, -0.05) is 6.07 Å². The van der Waals surface area contributed by atoms with Gasteiger partial charge in [-0.3, -0.25) is 4.79 Å². The number of carbonyl (C=O) groups is 1. The Kier molecular flexibility index (Phi) is 3.33. The first-order valence-corrected chi connectivity index (χ1v) is 5.92. The van der Waals surface area contributed by atoms with Crippen LogP contribution in [0, 0.1) is 6.92 Å². The molecular weight excluding hydrogens is 216 g/mol. The van der Waals surface area contributed by atoms with Crippen molar-refractivity contribution in [2.45, 2.75) is 25.8 Å². The molecule has 1 aromatic rings. The summed E-state index contributed by atoms with van der Waals surface area (Å²) in [6, 6.07) is 5.27. The molecule has 0 spiro atoms. The Morgan fingerprint density at radius 3 is 2.65 bits per heavy atom. The molecular formula is C13H18N2O2. The minimum atomic E-state index is -0.0211. The number of amides is 1. The molecule has 0 aromatic heterocycles. The van der Waals surface area contributed by atoms with Crippen molar-refractivity contribution in [1.82, 2.24) is 4.90 Å². The van der Waals surface area contributed by atoms with E-state index < -0.39 is 0 Å². The number of benzene rings is 1. The number of rotatable bonds is 1. The second-order valence-corrected chi connectivity index (χ2v) is 4.63. The van der Waals surface area contributed by atoms with Crippen LogP contribution in [0.3, 0.4) is 0 Å². The number of phenolic OH excluding ortho intramolecular Hbond substituents is 1. The predicted molar refractivity (Wildman–Crippen MR) is 66.0 cm³/mol. The normalized spacial score (nSPS) is 17.2. The summed E-state index contributed by atoms with van der Waals surface area (Å²) >= 11 is 0. The molecule has 1 aliphatic rings. The highest BCUT2D eigenvalue weighted by Gasteiger charge is 2.21. The van der Waals surface area contributed by atoms with Crippen LogP contribution in [0.5, 0.6) is 5.75 Å².